The van der Waals surface area contributed by atoms with E-state index >= 15 is 0 Å². The summed E-state index contributed by atoms with van der Waals surface area (Å²) in [7, 11) is 0. The monoisotopic (exact) mass is 315 g/mol. The van der Waals surface area contributed by atoms with Crippen LogP contribution in [-0.2, 0) is 0 Å². The van der Waals surface area contributed by atoms with Crippen LogP contribution in [-0.4, -0.2) is 5.91 Å². The molecule has 0 radical (unpaired) electrons. The summed E-state index contributed by atoms with van der Waals surface area (Å²) in [6.07, 6.45) is 0. The average molecular weight is 316 g/mol. The first-order valence-corrected chi connectivity index (χ1v) is 4.80. The zero-order chi connectivity index (χ0) is 9.30. The molecule has 5 heteroatoms. The summed E-state index contributed by atoms with van der Waals surface area (Å²) >= 11 is 13.4. The SMILES string of the molecule is NC(=O)c1cc(Cl)c(Cl)cc1I. The van der Waals surface area contributed by atoms with Crippen molar-refractivity contribution >= 4 is 51.7 Å². The molecule has 2 N–H and O–H groups in total. The lowest BCUT2D eigenvalue weighted by molar-refractivity contribution is 0.0999. The van der Waals surface area contributed by atoms with Gasteiger partial charge < -0.3 is 5.73 Å². The van der Waals surface area contributed by atoms with Crippen molar-refractivity contribution in [3.63, 3.8) is 0 Å². The Morgan fingerprint density at radius 1 is 1.33 bits per heavy atom. The lowest BCUT2D eigenvalue weighted by atomic mass is 10.2. The Kier molecular flexibility index (Phi) is 3.20. The van der Waals surface area contributed by atoms with Crippen LogP contribution in [0.1, 0.15) is 10.4 Å². The molecule has 0 bridgehead atoms. The number of benzene rings is 1. The molecule has 0 saturated heterocycles. The number of halogens is 3. The van der Waals surface area contributed by atoms with Crippen LogP contribution in [0.3, 0.4) is 0 Å². The van der Waals surface area contributed by atoms with Gasteiger partial charge in [0.05, 0.1) is 15.6 Å². The molecule has 0 spiro atoms. The van der Waals surface area contributed by atoms with Crippen LogP contribution < -0.4 is 5.73 Å². The number of carbonyl (C=O) groups is 1. The van der Waals surface area contributed by atoms with E-state index in [0.29, 0.717) is 19.2 Å². The second-order valence-corrected chi connectivity index (χ2v) is 4.09. The Morgan fingerprint density at radius 2 is 1.83 bits per heavy atom. The van der Waals surface area contributed by atoms with Crippen molar-refractivity contribution in [2.45, 2.75) is 0 Å². The van der Waals surface area contributed by atoms with Crippen molar-refractivity contribution in [3.8, 4) is 0 Å². The highest BCUT2D eigenvalue weighted by Crippen LogP contribution is 2.26. The highest BCUT2D eigenvalue weighted by molar-refractivity contribution is 14.1. The number of hydrogen-bond donors (Lipinski definition) is 1. The molecule has 0 saturated carbocycles. The normalized spacial score (nSPS) is 9.92. The number of primary amides is 1. The first-order valence-electron chi connectivity index (χ1n) is 2.96. The highest BCUT2D eigenvalue weighted by Gasteiger charge is 2.09. The van der Waals surface area contributed by atoms with Gasteiger partial charge in [-0.05, 0) is 34.7 Å². The number of nitrogens with two attached hydrogens (primary N) is 1. The molecule has 1 aromatic carbocycles. The predicted molar refractivity (Wildman–Crippen MR) is 57.7 cm³/mol. The molecule has 64 valence electrons. The molecule has 2 nitrogen and oxygen atoms in total. The van der Waals surface area contributed by atoms with E-state index in [2.05, 4.69) is 0 Å². The molecule has 1 aromatic rings. The Bertz CT molecular complexity index is 340. The number of amides is 1. The average Bonchev–Trinajstić information content (AvgIpc) is 1.96. The standard InChI is InChI=1S/C7H4Cl2INO/c8-4-1-3(7(11)12)6(10)2-5(4)9/h1-2H,(H2,11,12). The van der Waals surface area contributed by atoms with Gasteiger partial charge in [0.15, 0.2) is 0 Å². The van der Waals surface area contributed by atoms with Crippen LogP contribution in [0, 0.1) is 3.57 Å². The predicted octanol–water partition coefficient (Wildman–Crippen LogP) is 2.70. The van der Waals surface area contributed by atoms with E-state index in [0.717, 1.165) is 0 Å². The third-order valence-electron chi connectivity index (χ3n) is 1.28. The Labute approximate surface area is 93.2 Å². The molecular weight excluding hydrogens is 312 g/mol. The van der Waals surface area contributed by atoms with Gasteiger partial charge in [-0.3, -0.25) is 4.79 Å². The Morgan fingerprint density at radius 3 is 2.33 bits per heavy atom. The molecule has 0 unspecified atom stereocenters. The summed E-state index contributed by atoms with van der Waals surface area (Å²) in [5.41, 5.74) is 5.48. The highest BCUT2D eigenvalue weighted by atomic mass is 127. The van der Waals surface area contributed by atoms with Crippen molar-refractivity contribution < 1.29 is 4.79 Å². The molecule has 1 amide bonds. The third kappa shape index (κ3) is 2.02. The molecule has 0 aliphatic carbocycles. The maximum Gasteiger partial charge on any atom is 0.249 e. The molecule has 12 heavy (non-hydrogen) atoms. The van der Waals surface area contributed by atoms with Crippen molar-refractivity contribution in [2.75, 3.05) is 0 Å². The van der Waals surface area contributed by atoms with E-state index in [-0.39, 0.29) is 0 Å². The van der Waals surface area contributed by atoms with E-state index in [4.69, 9.17) is 28.9 Å². The van der Waals surface area contributed by atoms with Gasteiger partial charge in [-0.2, -0.15) is 0 Å². The van der Waals surface area contributed by atoms with Crippen LogP contribution in [0.2, 0.25) is 10.0 Å². The van der Waals surface area contributed by atoms with E-state index in [1.54, 1.807) is 6.07 Å². The van der Waals surface area contributed by atoms with Gasteiger partial charge in [-0.1, -0.05) is 23.2 Å². The third-order valence-corrected chi connectivity index (χ3v) is 2.89. The molecule has 0 heterocycles. The fourth-order valence-electron chi connectivity index (χ4n) is 0.711. The van der Waals surface area contributed by atoms with Crippen molar-refractivity contribution in [3.05, 3.63) is 31.3 Å². The minimum absolute atomic E-state index is 0.339. The van der Waals surface area contributed by atoms with Crippen molar-refractivity contribution in [1.82, 2.24) is 0 Å². The fraction of sp³-hybridized carbons (Fsp3) is 0. The zero-order valence-corrected chi connectivity index (χ0v) is 9.44. The summed E-state index contributed by atoms with van der Waals surface area (Å²) < 4.78 is 0.703. The molecule has 0 aliphatic heterocycles. The largest absolute Gasteiger partial charge is 0.366 e. The van der Waals surface area contributed by atoms with Crippen LogP contribution in [0.15, 0.2) is 12.1 Å². The van der Waals surface area contributed by atoms with Crippen LogP contribution in [0.25, 0.3) is 0 Å². The van der Waals surface area contributed by atoms with Gasteiger partial charge in [0.1, 0.15) is 0 Å². The molecule has 0 fully saturated rings. The lowest BCUT2D eigenvalue weighted by Gasteiger charge is -2.01. The first kappa shape index (κ1) is 10.1. The first-order chi connectivity index (χ1) is 5.52. The summed E-state index contributed by atoms with van der Waals surface area (Å²) in [5.74, 6) is -0.502. The number of carbonyl (C=O) groups excluding carboxylic acids is 1. The lowest BCUT2D eigenvalue weighted by Crippen LogP contribution is -2.12. The van der Waals surface area contributed by atoms with Gasteiger partial charge in [0, 0.05) is 3.57 Å². The van der Waals surface area contributed by atoms with Gasteiger partial charge in [0.2, 0.25) is 5.91 Å². The zero-order valence-electron chi connectivity index (χ0n) is 5.77. The maximum absolute atomic E-state index is 10.8. The molecular formula is C7H4Cl2INO. The second kappa shape index (κ2) is 3.81. The van der Waals surface area contributed by atoms with Crippen LogP contribution in [0.5, 0.6) is 0 Å². The van der Waals surface area contributed by atoms with Gasteiger partial charge in [-0.25, -0.2) is 0 Å². The van der Waals surface area contributed by atoms with E-state index in [1.165, 1.54) is 6.07 Å². The van der Waals surface area contributed by atoms with Crippen LogP contribution in [0.4, 0.5) is 0 Å². The molecule has 1 rings (SSSR count). The van der Waals surface area contributed by atoms with Gasteiger partial charge in [-0.15, -0.1) is 0 Å². The summed E-state index contributed by atoms with van der Waals surface area (Å²) in [4.78, 5) is 10.8. The number of rotatable bonds is 1. The topological polar surface area (TPSA) is 43.1 Å². The second-order valence-electron chi connectivity index (χ2n) is 2.11. The van der Waals surface area contributed by atoms with Gasteiger partial charge >= 0.3 is 0 Å². The Balaban J connectivity index is 3.33. The smallest absolute Gasteiger partial charge is 0.249 e. The van der Waals surface area contributed by atoms with Crippen molar-refractivity contribution in [2.24, 2.45) is 5.73 Å². The van der Waals surface area contributed by atoms with E-state index in [9.17, 15) is 4.79 Å². The molecule has 0 atom stereocenters. The molecule has 0 aromatic heterocycles. The molecule has 0 aliphatic rings. The van der Waals surface area contributed by atoms with Crippen molar-refractivity contribution in [1.29, 1.82) is 0 Å². The summed E-state index contributed by atoms with van der Waals surface area (Å²) in [6.45, 7) is 0. The number of hydrogen-bond acceptors (Lipinski definition) is 1. The maximum atomic E-state index is 10.8. The summed E-state index contributed by atoms with van der Waals surface area (Å²) in [5, 5.41) is 0.761. The van der Waals surface area contributed by atoms with Gasteiger partial charge in [0.25, 0.3) is 0 Å². The Hall–Kier alpha value is -0.000000000000000111. The minimum atomic E-state index is -0.502. The summed E-state index contributed by atoms with van der Waals surface area (Å²) in [6, 6.07) is 3.07. The van der Waals surface area contributed by atoms with E-state index < -0.39 is 5.91 Å². The fourth-order valence-corrected chi connectivity index (χ4v) is 1.96. The van der Waals surface area contributed by atoms with Crippen LogP contribution >= 0.6 is 45.8 Å². The minimum Gasteiger partial charge on any atom is -0.366 e. The quantitative estimate of drug-likeness (QED) is 0.628. The van der Waals surface area contributed by atoms with E-state index in [1.807, 2.05) is 22.6 Å².